The zero-order chi connectivity index (χ0) is 14.1. The Kier molecular flexibility index (Phi) is 3.82. The molecule has 1 amide bonds. The van der Waals surface area contributed by atoms with E-state index in [1.165, 1.54) is 44.1 Å². The fraction of sp³-hybridized carbons (Fsp3) is 0.611. The maximum absolute atomic E-state index is 12.8. The minimum Gasteiger partial charge on any atom is -0.333 e. The van der Waals surface area contributed by atoms with E-state index in [0.29, 0.717) is 18.0 Å². The molecule has 1 aromatic carbocycles. The minimum atomic E-state index is 0.259. The van der Waals surface area contributed by atoms with Gasteiger partial charge < -0.3 is 4.90 Å². The van der Waals surface area contributed by atoms with Crippen LogP contribution in [0.3, 0.4) is 0 Å². The molecule has 0 radical (unpaired) electrons. The lowest BCUT2D eigenvalue weighted by Gasteiger charge is -2.46. The lowest BCUT2D eigenvalue weighted by atomic mass is 9.84. The van der Waals surface area contributed by atoms with E-state index in [-0.39, 0.29) is 5.91 Å². The monoisotopic (exact) mass is 271 g/mol. The number of carbonyl (C=O) groups excluding carboxylic acids is 1. The maximum atomic E-state index is 12.8. The van der Waals surface area contributed by atoms with Gasteiger partial charge in [-0.3, -0.25) is 4.79 Å². The van der Waals surface area contributed by atoms with Crippen molar-refractivity contribution in [2.24, 2.45) is 0 Å². The van der Waals surface area contributed by atoms with Crippen molar-refractivity contribution in [3.8, 4) is 0 Å². The number of nitrogens with zero attached hydrogens (tertiary/aromatic N) is 1. The SMILES string of the molecule is CC(C)c1ccc(C(=O)N2C3CCCC2CCC3)cc1. The summed E-state index contributed by atoms with van der Waals surface area (Å²) in [4.78, 5) is 15.0. The van der Waals surface area contributed by atoms with E-state index < -0.39 is 0 Å². The van der Waals surface area contributed by atoms with Gasteiger partial charge >= 0.3 is 0 Å². The first-order valence-electron chi connectivity index (χ1n) is 8.09. The average Bonchev–Trinajstić information content (AvgIpc) is 2.45. The Morgan fingerprint density at radius 3 is 1.95 bits per heavy atom. The van der Waals surface area contributed by atoms with Gasteiger partial charge in [-0.1, -0.05) is 26.0 Å². The number of carbonyl (C=O) groups is 1. The summed E-state index contributed by atoms with van der Waals surface area (Å²) >= 11 is 0. The van der Waals surface area contributed by atoms with Crippen molar-refractivity contribution in [3.05, 3.63) is 35.4 Å². The van der Waals surface area contributed by atoms with Crippen molar-refractivity contribution in [1.29, 1.82) is 0 Å². The van der Waals surface area contributed by atoms with E-state index in [1.54, 1.807) is 0 Å². The van der Waals surface area contributed by atoms with Gasteiger partial charge in [0.1, 0.15) is 0 Å². The van der Waals surface area contributed by atoms with Crippen LogP contribution in [-0.4, -0.2) is 22.9 Å². The van der Waals surface area contributed by atoms with Crippen LogP contribution in [0.1, 0.15) is 74.2 Å². The number of rotatable bonds is 2. The summed E-state index contributed by atoms with van der Waals surface area (Å²) in [7, 11) is 0. The van der Waals surface area contributed by atoms with Crippen LogP contribution in [0, 0.1) is 0 Å². The van der Waals surface area contributed by atoms with E-state index in [2.05, 4.69) is 30.9 Å². The third-order valence-corrected chi connectivity index (χ3v) is 4.99. The lowest BCUT2D eigenvalue weighted by molar-refractivity contribution is 0.0285. The second kappa shape index (κ2) is 5.59. The number of hydrogen-bond acceptors (Lipinski definition) is 1. The molecule has 2 aliphatic rings. The van der Waals surface area contributed by atoms with Gasteiger partial charge in [0.2, 0.25) is 0 Å². The van der Waals surface area contributed by atoms with Gasteiger partial charge in [-0.05, 0) is 62.1 Å². The molecule has 20 heavy (non-hydrogen) atoms. The van der Waals surface area contributed by atoms with Crippen molar-refractivity contribution in [3.63, 3.8) is 0 Å². The van der Waals surface area contributed by atoms with Crippen molar-refractivity contribution in [2.75, 3.05) is 0 Å². The van der Waals surface area contributed by atoms with Gasteiger partial charge in [-0.25, -0.2) is 0 Å². The molecule has 2 saturated heterocycles. The smallest absolute Gasteiger partial charge is 0.254 e. The van der Waals surface area contributed by atoms with Crippen LogP contribution in [0.25, 0.3) is 0 Å². The molecular weight excluding hydrogens is 246 g/mol. The highest BCUT2D eigenvalue weighted by atomic mass is 16.2. The fourth-order valence-corrected chi connectivity index (χ4v) is 3.81. The van der Waals surface area contributed by atoms with Crippen LogP contribution in [0.4, 0.5) is 0 Å². The van der Waals surface area contributed by atoms with E-state index >= 15 is 0 Å². The summed E-state index contributed by atoms with van der Waals surface area (Å²) in [6.07, 6.45) is 7.40. The number of amides is 1. The van der Waals surface area contributed by atoms with Crippen LogP contribution in [0.2, 0.25) is 0 Å². The molecule has 0 N–H and O–H groups in total. The Balaban J connectivity index is 1.81. The van der Waals surface area contributed by atoms with E-state index in [0.717, 1.165) is 5.56 Å². The number of benzene rings is 1. The molecule has 0 atom stereocenters. The Hall–Kier alpha value is -1.31. The largest absolute Gasteiger partial charge is 0.333 e. The van der Waals surface area contributed by atoms with Crippen LogP contribution >= 0.6 is 0 Å². The molecule has 2 bridgehead atoms. The molecule has 0 unspecified atom stereocenters. The van der Waals surface area contributed by atoms with Gasteiger partial charge in [-0.15, -0.1) is 0 Å². The molecule has 2 heterocycles. The quantitative estimate of drug-likeness (QED) is 0.782. The normalized spacial score (nSPS) is 25.9. The summed E-state index contributed by atoms with van der Waals surface area (Å²) in [5.74, 6) is 0.781. The van der Waals surface area contributed by atoms with Crippen LogP contribution in [-0.2, 0) is 0 Å². The first-order chi connectivity index (χ1) is 9.66. The van der Waals surface area contributed by atoms with Crippen molar-refractivity contribution in [2.45, 2.75) is 70.4 Å². The number of fused-ring (bicyclic) bond motifs is 2. The Bertz CT molecular complexity index is 455. The third kappa shape index (κ3) is 2.48. The summed E-state index contributed by atoms with van der Waals surface area (Å²) < 4.78 is 0. The van der Waals surface area contributed by atoms with Gasteiger partial charge in [0, 0.05) is 17.6 Å². The Morgan fingerprint density at radius 1 is 1.00 bits per heavy atom. The van der Waals surface area contributed by atoms with E-state index in [1.807, 2.05) is 12.1 Å². The van der Waals surface area contributed by atoms with Crippen LogP contribution < -0.4 is 0 Å². The molecular formula is C18H25NO. The molecule has 2 fully saturated rings. The molecule has 2 aliphatic heterocycles. The standard InChI is InChI=1S/C18H25NO/c1-13(2)14-9-11-15(12-10-14)18(20)19-16-5-3-6-17(19)8-4-7-16/h9-13,16-17H,3-8H2,1-2H3. The van der Waals surface area contributed by atoms with E-state index in [4.69, 9.17) is 0 Å². The van der Waals surface area contributed by atoms with Gasteiger partial charge in [0.15, 0.2) is 0 Å². The Labute approximate surface area is 122 Å². The predicted octanol–water partition coefficient (Wildman–Crippen LogP) is 4.36. The van der Waals surface area contributed by atoms with Crippen molar-refractivity contribution >= 4 is 5.91 Å². The van der Waals surface area contributed by atoms with Gasteiger partial charge in [0.25, 0.3) is 5.91 Å². The molecule has 0 saturated carbocycles. The topological polar surface area (TPSA) is 20.3 Å². The highest BCUT2D eigenvalue weighted by molar-refractivity contribution is 5.94. The molecule has 0 spiro atoms. The number of hydrogen-bond donors (Lipinski definition) is 0. The predicted molar refractivity (Wildman–Crippen MR) is 82.0 cm³/mol. The Morgan fingerprint density at radius 2 is 1.50 bits per heavy atom. The van der Waals surface area contributed by atoms with Crippen molar-refractivity contribution < 1.29 is 4.79 Å². The zero-order valence-electron chi connectivity index (χ0n) is 12.6. The molecule has 3 rings (SSSR count). The van der Waals surface area contributed by atoms with Gasteiger partial charge in [-0.2, -0.15) is 0 Å². The first-order valence-corrected chi connectivity index (χ1v) is 8.09. The van der Waals surface area contributed by atoms with Crippen LogP contribution in [0.15, 0.2) is 24.3 Å². The first kappa shape index (κ1) is 13.7. The molecule has 2 heteroatoms. The molecule has 108 valence electrons. The molecule has 0 aromatic heterocycles. The van der Waals surface area contributed by atoms with E-state index in [9.17, 15) is 4.79 Å². The van der Waals surface area contributed by atoms with Crippen molar-refractivity contribution in [1.82, 2.24) is 4.90 Å². The average molecular weight is 271 g/mol. The summed E-state index contributed by atoms with van der Waals surface area (Å²) in [6, 6.07) is 9.25. The maximum Gasteiger partial charge on any atom is 0.254 e. The molecule has 1 aromatic rings. The zero-order valence-corrected chi connectivity index (χ0v) is 12.6. The second-order valence-corrected chi connectivity index (χ2v) is 6.66. The summed E-state index contributed by atoms with van der Waals surface area (Å²) in [5, 5.41) is 0. The minimum absolute atomic E-state index is 0.259. The fourth-order valence-electron chi connectivity index (χ4n) is 3.81. The third-order valence-electron chi connectivity index (χ3n) is 4.99. The summed E-state index contributed by atoms with van der Waals surface area (Å²) in [5.41, 5.74) is 2.17. The molecule has 2 nitrogen and oxygen atoms in total. The summed E-state index contributed by atoms with van der Waals surface area (Å²) in [6.45, 7) is 4.37. The second-order valence-electron chi connectivity index (χ2n) is 6.66. The highest BCUT2D eigenvalue weighted by Gasteiger charge is 2.37. The van der Waals surface area contributed by atoms with Gasteiger partial charge in [0.05, 0.1) is 0 Å². The molecule has 0 aliphatic carbocycles. The number of piperidine rings is 2. The lowest BCUT2D eigenvalue weighted by Crippen LogP contribution is -2.52. The van der Waals surface area contributed by atoms with Crippen LogP contribution in [0.5, 0.6) is 0 Å². The highest BCUT2D eigenvalue weighted by Crippen LogP contribution is 2.34.